The zero-order chi connectivity index (χ0) is 13.9. The van der Waals surface area contributed by atoms with Crippen LogP contribution in [0.3, 0.4) is 0 Å². The van der Waals surface area contributed by atoms with E-state index < -0.39 is 0 Å². The monoisotopic (exact) mass is 328 g/mol. The second-order valence-electron chi connectivity index (χ2n) is 4.48. The van der Waals surface area contributed by atoms with Gasteiger partial charge in [0, 0.05) is 15.7 Å². The highest BCUT2D eigenvalue weighted by Gasteiger charge is 2.05. The largest absolute Gasteiger partial charge is 0.399 e. The van der Waals surface area contributed by atoms with Crippen molar-refractivity contribution in [2.45, 2.75) is 6.54 Å². The van der Waals surface area contributed by atoms with Gasteiger partial charge in [0.1, 0.15) is 6.33 Å². The standard InChI is InChI=1S/C15H13BrN4/c16-14-4-2-1-3-12(14)9-20-10-18-15(19-20)11-5-7-13(17)8-6-11/h1-8,10H,9,17H2. The van der Waals surface area contributed by atoms with Gasteiger partial charge in [-0.15, -0.1) is 0 Å². The van der Waals surface area contributed by atoms with Crippen LogP contribution in [0.25, 0.3) is 11.4 Å². The number of benzene rings is 2. The lowest BCUT2D eigenvalue weighted by Gasteiger charge is -2.03. The Balaban J connectivity index is 1.84. The van der Waals surface area contributed by atoms with E-state index in [1.807, 2.05) is 47.1 Å². The average Bonchev–Trinajstić information content (AvgIpc) is 2.91. The number of hydrogen-bond donors (Lipinski definition) is 1. The molecule has 2 aromatic carbocycles. The summed E-state index contributed by atoms with van der Waals surface area (Å²) < 4.78 is 2.90. The molecule has 1 aromatic heterocycles. The van der Waals surface area contributed by atoms with Crippen molar-refractivity contribution in [1.82, 2.24) is 14.8 Å². The number of halogens is 1. The topological polar surface area (TPSA) is 56.7 Å². The summed E-state index contributed by atoms with van der Waals surface area (Å²) in [4.78, 5) is 4.34. The molecule has 100 valence electrons. The molecule has 0 aliphatic rings. The molecule has 3 rings (SSSR count). The van der Waals surface area contributed by atoms with Crippen molar-refractivity contribution in [2.75, 3.05) is 5.73 Å². The zero-order valence-corrected chi connectivity index (χ0v) is 12.3. The summed E-state index contributed by atoms with van der Waals surface area (Å²) in [5.74, 6) is 0.706. The molecule has 0 spiro atoms. The van der Waals surface area contributed by atoms with E-state index in [9.17, 15) is 0 Å². The third-order valence-corrected chi connectivity index (χ3v) is 3.77. The first-order valence-electron chi connectivity index (χ1n) is 6.21. The van der Waals surface area contributed by atoms with Gasteiger partial charge in [0.15, 0.2) is 5.82 Å². The molecule has 3 aromatic rings. The predicted molar refractivity (Wildman–Crippen MR) is 83.1 cm³/mol. The Kier molecular flexibility index (Phi) is 3.52. The fourth-order valence-corrected chi connectivity index (χ4v) is 2.35. The maximum absolute atomic E-state index is 5.68. The highest BCUT2D eigenvalue weighted by atomic mass is 79.9. The van der Waals surface area contributed by atoms with E-state index in [1.165, 1.54) is 5.56 Å². The molecule has 0 bridgehead atoms. The fraction of sp³-hybridized carbons (Fsp3) is 0.0667. The van der Waals surface area contributed by atoms with Gasteiger partial charge in [-0.3, -0.25) is 0 Å². The molecule has 0 saturated heterocycles. The SMILES string of the molecule is Nc1ccc(-c2ncn(Cc3ccccc3Br)n2)cc1. The Morgan fingerprint density at radius 2 is 1.80 bits per heavy atom. The van der Waals surface area contributed by atoms with Gasteiger partial charge in [-0.2, -0.15) is 5.10 Å². The molecule has 0 fully saturated rings. The van der Waals surface area contributed by atoms with Crippen molar-refractivity contribution in [3.8, 4) is 11.4 Å². The van der Waals surface area contributed by atoms with E-state index in [0.717, 1.165) is 15.7 Å². The Labute approximate surface area is 125 Å². The molecule has 0 saturated carbocycles. The van der Waals surface area contributed by atoms with E-state index >= 15 is 0 Å². The third-order valence-electron chi connectivity index (χ3n) is 3.00. The molecule has 4 nitrogen and oxygen atoms in total. The molecule has 2 N–H and O–H groups in total. The Morgan fingerprint density at radius 3 is 2.55 bits per heavy atom. The normalized spacial score (nSPS) is 10.7. The molecular formula is C15H13BrN4. The van der Waals surface area contributed by atoms with Gasteiger partial charge in [0.2, 0.25) is 0 Å². The van der Waals surface area contributed by atoms with E-state index in [4.69, 9.17) is 5.73 Å². The summed E-state index contributed by atoms with van der Waals surface area (Å²) in [5.41, 5.74) is 8.55. The molecule has 1 heterocycles. The van der Waals surface area contributed by atoms with Crippen LogP contribution in [-0.4, -0.2) is 14.8 Å². The first-order valence-corrected chi connectivity index (χ1v) is 7.00. The summed E-state index contributed by atoms with van der Waals surface area (Å²) in [6.07, 6.45) is 1.74. The molecule has 0 aliphatic heterocycles. The zero-order valence-electron chi connectivity index (χ0n) is 10.7. The van der Waals surface area contributed by atoms with Gasteiger partial charge in [-0.1, -0.05) is 34.1 Å². The molecule has 0 amide bonds. The quantitative estimate of drug-likeness (QED) is 0.750. The van der Waals surface area contributed by atoms with Crippen molar-refractivity contribution >= 4 is 21.6 Å². The van der Waals surface area contributed by atoms with Crippen molar-refractivity contribution < 1.29 is 0 Å². The van der Waals surface area contributed by atoms with Crippen molar-refractivity contribution in [1.29, 1.82) is 0 Å². The minimum Gasteiger partial charge on any atom is -0.399 e. The lowest BCUT2D eigenvalue weighted by atomic mass is 10.2. The number of aromatic nitrogens is 3. The van der Waals surface area contributed by atoms with Gasteiger partial charge in [-0.05, 0) is 35.9 Å². The van der Waals surface area contributed by atoms with Crippen LogP contribution in [0, 0.1) is 0 Å². The first-order chi connectivity index (χ1) is 9.72. The molecular weight excluding hydrogens is 316 g/mol. The molecule has 0 radical (unpaired) electrons. The third kappa shape index (κ3) is 2.72. The molecule has 20 heavy (non-hydrogen) atoms. The van der Waals surface area contributed by atoms with E-state index in [2.05, 4.69) is 32.1 Å². The van der Waals surface area contributed by atoms with Crippen LogP contribution in [-0.2, 0) is 6.54 Å². The Hall–Kier alpha value is -2.14. The molecule has 5 heteroatoms. The predicted octanol–water partition coefficient (Wildman–Crippen LogP) is 3.34. The lowest BCUT2D eigenvalue weighted by molar-refractivity contribution is 0.685. The fourth-order valence-electron chi connectivity index (χ4n) is 1.94. The Bertz CT molecular complexity index is 719. The van der Waals surface area contributed by atoms with Crippen LogP contribution < -0.4 is 5.73 Å². The number of nitrogen functional groups attached to an aromatic ring is 1. The lowest BCUT2D eigenvalue weighted by Crippen LogP contribution is -2.01. The Morgan fingerprint density at radius 1 is 1.05 bits per heavy atom. The van der Waals surface area contributed by atoms with Gasteiger partial charge < -0.3 is 5.73 Å². The van der Waals surface area contributed by atoms with Crippen molar-refractivity contribution in [2.24, 2.45) is 0 Å². The number of nitrogens with two attached hydrogens (primary N) is 1. The van der Waals surface area contributed by atoms with E-state index in [-0.39, 0.29) is 0 Å². The van der Waals surface area contributed by atoms with Gasteiger partial charge >= 0.3 is 0 Å². The molecule has 0 aliphatic carbocycles. The van der Waals surface area contributed by atoms with Crippen LogP contribution in [0.1, 0.15) is 5.56 Å². The summed E-state index contributed by atoms with van der Waals surface area (Å²) >= 11 is 3.54. The highest BCUT2D eigenvalue weighted by molar-refractivity contribution is 9.10. The van der Waals surface area contributed by atoms with Crippen LogP contribution in [0.2, 0.25) is 0 Å². The number of nitrogens with zero attached hydrogens (tertiary/aromatic N) is 3. The summed E-state index contributed by atoms with van der Waals surface area (Å²) in [7, 11) is 0. The minimum absolute atomic E-state index is 0.684. The second kappa shape index (κ2) is 5.46. The second-order valence-corrected chi connectivity index (χ2v) is 5.33. The van der Waals surface area contributed by atoms with Gasteiger partial charge in [0.05, 0.1) is 6.54 Å². The average molecular weight is 329 g/mol. The van der Waals surface area contributed by atoms with Crippen LogP contribution in [0.15, 0.2) is 59.3 Å². The van der Waals surface area contributed by atoms with Crippen molar-refractivity contribution in [3.05, 3.63) is 64.9 Å². The van der Waals surface area contributed by atoms with Crippen molar-refractivity contribution in [3.63, 3.8) is 0 Å². The van der Waals surface area contributed by atoms with Crippen LogP contribution >= 0.6 is 15.9 Å². The van der Waals surface area contributed by atoms with E-state index in [0.29, 0.717) is 12.4 Å². The maximum Gasteiger partial charge on any atom is 0.181 e. The molecule has 0 atom stereocenters. The van der Waals surface area contributed by atoms with Gasteiger partial charge in [0.25, 0.3) is 0 Å². The summed E-state index contributed by atoms with van der Waals surface area (Å²) in [6.45, 7) is 0.684. The minimum atomic E-state index is 0.684. The highest BCUT2D eigenvalue weighted by Crippen LogP contribution is 2.19. The maximum atomic E-state index is 5.68. The number of anilines is 1. The number of rotatable bonds is 3. The van der Waals surface area contributed by atoms with Crippen LogP contribution in [0.4, 0.5) is 5.69 Å². The van der Waals surface area contributed by atoms with Crippen LogP contribution in [0.5, 0.6) is 0 Å². The van der Waals surface area contributed by atoms with E-state index in [1.54, 1.807) is 6.33 Å². The smallest absolute Gasteiger partial charge is 0.181 e. The number of hydrogen-bond acceptors (Lipinski definition) is 3. The first kappa shape index (κ1) is 12.9. The molecule has 0 unspecified atom stereocenters. The van der Waals surface area contributed by atoms with Gasteiger partial charge in [-0.25, -0.2) is 9.67 Å². The summed E-state index contributed by atoms with van der Waals surface area (Å²) in [5, 5.41) is 4.49. The summed E-state index contributed by atoms with van der Waals surface area (Å²) in [6, 6.07) is 15.6.